The first-order valence-corrected chi connectivity index (χ1v) is 4.87. The van der Waals surface area contributed by atoms with Gasteiger partial charge in [0.1, 0.15) is 5.84 Å². The number of hydrogen-bond donors (Lipinski definition) is 0. The van der Waals surface area contributed by atoms with Gasteiger partial charge in [-0.15, -0.1) is 0 Å². The number of hydrogen-bond acceptors (Lipinski definition) is 4. The average molecular weight is 430 g/mol. The Morgan fingerprint density at radius 2 is 2.00 bits per heavy atom. The summed E-state index contributed by atoms with van der Waals surface area (Å²) in [7, 11) is 0. The Hall–Kier alpha value is -0.138. The van der Waals surface area contributed by atoms with Gasteiger partial charge in [0.15, 0.2) is 0 Å². The van der Waals surface area contributed by atoms with Gasteiger partial charge in [0, 0.05) is 12.1 Å². The molecule has 0 bridgehead atoms. The van der Waals surface area contributed by atoms with Gasteiger partial charge in [-0.1, -0.05) is 27.7 Å². The van der Waals surface area contributed by atoms with E-state index in [1.54, 1.807) is 6.54 Å². The van der Waals surface area contributed by atoms with Crippen molar-refractivity contribution >= 4 is 12.1 Å². The molecular weight excluding hydrogens is 414 g/mol. The summed E-state index contributed by atoms with van der Waals surface area (Å²) in [5, 5.41) is 7.81. The van der Waals surface area contributed by atoms with E-state index < -0.39 is 0 Å². The van der Waals surface area contributed by atoms with Crippen molar-refractivity contribution in [3.8, 4) is 0 Å². The Bertz CT molecular complexity index is 269. The molecule has 0 aromatic rings. The maximum atomic E-state index is 4.32. The molecule has 1 unspecified atom stereocenters. The summed E-state index contributed by atoms with van der Waals surface area (Å²) in [6.07, 6.45) is 2.73. The van der Waals surface area contributed by atoms with Gasteiger partial charge in [-0.2, -0.15) is 11.0 Å². The van der Waals surface area contributed by atoms with Crippen molar-refractivity contribution in [3.05, 3.63) is 6.54 Å². The largest absolute Gasteiger partial charge is 2.00 e. The maximum Gasteiger partial charge on any atom is 2.00 e. The van der Waals surface area contributed by atoms with Crippen LogP contribution < -0.4 is 0 Å². The molecule has 5 heteroatoms. The molecule has 0 fully saturated rings. The molecule has 0 aromatic heterocycles. The monoisotopic (exact) mass is 430 g/mol. The van der Waals surface area contributed by atoms with Crippen LogP contribution in [-0.2, 0) is 0 Å². The van der Waals surface area contributed by atoms with Gasteiger partial charge >= 0.3 is 31.1 Å². The molecule has 1 aliphatic rings. The first-order valence-electron chi connectivity index (χ1n) is 4.87. The molecular formula is C10H16N4U. The van der Waals surface area contributed by atoms with Crippen molar-refractivity contribution < 1.29 is 31.1 Å². The number of amidine groups is 1. The first kappa shape index (κ1) is 14.9. The van der Waals surface area contributed by atoms with Crippen LogP contribution in [0, 0.1) is 49.5 Å². The summed E-state index contributed by atoms with van der Waals surface area (Å²) in [5.74, 6) is 1.37. The predicted molar refractivity (Wildman–Crippen MR) is 57.5 cm³/mol. The molecule has 1 aliphatic heterocycles. The van der Waals surface area contributed by atoms with Gasteiger partial charge in [-0.05, 0) is 0 Å². The molecule has 1 rings (SSSR count). The number of rotatable bonds is 3. The minimum atomic E-state index is -0.229. The van der Waals surface area contributed by atoms with Crippen LogP contribution >= 0.6 is 0 Å². The van der Waals surface area contributed by atoms with Gasteiger partial charge < -0.3 is 16.3 Å². The van der Waals surface area contributed by atoms with Crippen LogP contribution in [0.3, 0.4) is 0 Å². The summed E-state index contributed by atoms with van der Waals surface area (Å²) >= 11 is 0. The molecule has 4 nitrogen and oxygen atoms in total. The van der Waals surface area contributed by atoms with Crippen molar-refractivity contribution in [2.45, 2.75) is 33.9 Å². The fraction of sp³-hybridized carbons (Fsp3) is 0.700. The van der Waals surface area contributed by atoms with E-state index in [0.717, 1.165) is 5.84 Å². The van der Waals surface area contributed by atoms with E-state index in [1.165, 1.54) is 0 Å². The molecule has 80 valence electrons. The molecule has 0 N–H and O–H groups in total. The van der Waals surface area contributed by atoms with Gasteiger partial charge in [0.25, 0.3) is 0 Å². The topological polar surface area (TPSA) is 49.4 Å². The minimum absolute atomic E-state index is 0. The molecule has 1 atom stereocenters. The number of azo groups is 1. The normalized spacial score (nSPS) is 20.4. The third-order valence-electron chi connectivity index (χ3n) is 1.61. The van der Waals surface area contributed by atoms with E-state index in [4.69, 9.17) is 0 Å². The standard InChI is InChI=1S/C10H16N4.U/c1-7(2)5-11-9-6-12-14-10(13-9)8(3)4;/h6-9H,1-4H3;/q-2;+2. The molecule has 0 amide bonds. The van der Waals surface area contributed by atoms with Gasteiger partial charge in [0.2, 0.25) is 0 Å². The van der Waals surface area contributed by atoms with Crippen LogP contribution in [0.4, 0.5) is 0 Å². The fourth-order valence-corrected chi connectivity index (χ4v) is 0.899. The molecule has 0 saturated carbocycles. The molecule has 0 saturated heterocycles. The minimum Gasteiger partial charge on any atom is -0.505 e. The van der Waals surface area contributed by atoms with Crippen molar-refractivity contribution in [2.75, 3.05) is 0 Å². The van der Waals surface area contributed by atoms with Gasteiger partial charge in [-0.3, -0.25) is 4.99 Å². The van der Waals surface area contributed by atoms with Crippen LogP contribution in [0.2, 0.25) is 0 Å². The third-order valence-corrected chi connectivity index (χ3v) is 1.61. The Labute approximate surface area is 115 Å². The van der Waals surface area contributed by atoms with Crippen LogP contribution in [-0.4, -0.2) is 18.2 Å². The Morgan fingerprint density at radius 3 is 2.53 bits per heavy atom. The molecule has 0 aliphatic carbocycles. The third kappa shape index (κ3) is 5.48. The summed E-state index contributed by atoms with van der Waals surface area (Å²) in [4.78, 5) is 8.49. The fourth-order valence-electron chi connectivity index (χ4n) is 0.899. The van der Waals surface area contributed by atoms with Crippen molar-refractivity contribution in [1.82, 2.24) is 0 Å². The number of nitrogens with zero attached hydrogens (tertiary/aromatic N) is 4. The van der Waals surface area contributed by atoms with E-state index in [1.807, 2.05) is 27.7 Å². The average Bonchev–Trinajstić information content (AvgIpc) is 2.15. The second-order valence-corrected chi connectivity index (χ2v) is 3.83. The van der Waals surface area contributed by atoms with Crippen molar-refractivity contribution in [2.24, 2.45) is 32.0 Å². The van der Waals surface area contributed by atoms with E-state index in [0.29, 0.717) is 11.8 Å². The molecule has 1 heterocycles. The summed E-state index contributed by atoms with van der Waals surface area (Å²) in [6.45, 7) is 9.76. The second kappa shape index (κ2) is 7.19. The van der Waals surface area contributed by atoms with Crippen molar-refractivity contribution in [1.29, 1.82) is 0 Å². The quantitative estimate of drug-likeness (QED) is 0.489. The van der Waals surface area contributed by atoms with Crippen LogP contribution in [0.5, 0.6) is 0 Å². The van der Waals surface area contributed by atoms with Crippen LogP contribution in [0.15, 0.2) is 20.2 Å². The van der Waals surface area contributed by atoms with E-state index in [9.17, 15) is 0 Å². The summed E-state index contributed by atoms with van der Waals surface area (Å²) < 4.78 is 0. The zero-order chi connectivity index (χ0) is 10.6. The van der Waals surface area contributed by atoms with E-state index in [-0.39, 0.29) is 37.3 Å². The van der Waals surface area contributed by atoms with Crippen LogP contribution in [0.25, 0.3) is 0 Å². The molecule has 0 aromatic carbocycles. The Kier molecular flexibility index (Phi) is 7.12. The van der Waals surface area contributed by atoms with Gasteiger partial charge in [0.05, 0.1) is 0 Å². The summed E-state index contributed by atoms with van der Waals surface area (Å²) in [5.41, 5.74) is 0. The predicted octanol–water partition coefficient (Wildman–Crippen LogP) is 2.60. The first-order chi connectivity index (χ1) is 6.59. The summed E-state index contributed by atoms with van der Waals surface area (Å²) in [6, 6.07) is 0. The number of aliphatic imine (C=N–C) groups is 2. The van der Waals surface area contributed by atoms with Crippen molar-refractivity contribution in [3.63, 3.8) is 0 Å². The Balaban J connectivity index is 0.00000196. The molecule has 15 heavy (non-hydrogen) atoms. The molecule has 0 radical (unpaired) electrons. The van der Waals surface area contributed by atoms with Gasteiger partial charge in [-0.25, -0.2) is 6.54 Å². The van der Waals surface area contributed by atoms with Crippen LogP contribution in [0.1, 0.15) is 27.7 Å². The SMILES string of the molecule is CC(C)[C-]=NC1[CH-]N=NC(C(C)C)=N1.[U+2]. The van der Waals surface area contributed by atoms with E-state index >= 15 is 0 Å². The Morgan fingerprint density at radius 1 is 1.33 bits per heavy atom. The molecule has 0 spiro atoms. The van der Waals surface area contributed by atoms with E-state index in [2.05, 4.69) is 26.4 Å². The zero-order valence-corrected chi connectivity index (χ0v) is 13.8. The second-order valence-electron chi connectivity index (χ2n) is 3.83. The zero-order valence-electron chi connectivity index (χ0n) is 9.60. The maximum absolute atomic E-state index is 4.32. The smallest absolute Gasteiger partial charge is 0.505 e.